The van der Waals surface area contributed by atoms with E-state index in [-0.39, 0.29) is 23.5 Å². The first kappa shape index (κ1) is 19.5. The van der Waals surface area contributed by atoms with Crippen LogP contribution in [0.4, 0.5) is 13.2 Å². The second-order valence-electron chi connectivity index (χ2n) is 6.10. The van der Waals surface area contributed by atoms with Crippen LogP contribution in [0.2, 0.25) is 0 Å². The predicted molar refractivity (Wildman–Crippen MR) is 93.8 cm³/mol. The maximum Gasteiger partial charge on any atom is 0.416 e. The first-order valence-corrected chi connectivity index (χ1v) is 8.39. The quantitative estimate of drug-likeness (QED) is 0.451. The maximum absolute atomic E-state index is 13.1. The molecular formula is C21H15F3O4. The van der Waals surface area contributed by atoms with Crippen molar-refractivity contribution in [1.82, 2.24) is 0 Å². The SMILES string of the molecule is C#C[C@H](c1ccc(C(F)(F)F)cc1)[C@@]1(C(=O)OCC)Oc2ccccc2C1=O. The topological polar surface area (TPSA) is 52.6 Å². The summed E-state index contributed by atoms with van der Waals surface area (Å²) in [6, 6.07) is 10.2. The first-order valence-electron chi connectivity index (χ1n) is 8.39. The lowest BCUT2D eigenvalue weighted by Crippen LogP contribution is -2.53. The van der Waals surface area contributed by atoms with Gasteiger partial charge in [-0.05, 0) is 36.8 Å². The molecule has 0 bridgehead atoms. The van der Waals surface area contributed by atoms with E-state index in [1.807, 2.05) is 0 Å². The zero-order valence-electron chi connectivity index (χ0n) is 14.7. The number of ether oxygens (including phenoxy) is 2. The average Bonchev–Trinajstić information content (AvgIpc) is 2.96. The summed E-state index contributed by atoms with van der Waals surface area (Å²) >= 11 is 0. The number of carbonyl (C=O) groups is 2. The number of ketones is 1. The van der Waals surface area contributed by atoms with Crippen LogP contribution in [-0.4, -0.2) is 24.0 Å². The van der Waals surface area contributed by atoms with E-state index in [9.17, 15) is 22.8 Å². The van der Waals surface area contributed by atoms with E-state index in [2.05, 4.69) is 5.92 Å². The molecule has 0 spiro atoms. The van der Waals surface area contributed by atoms with E-state index in [1.165, 1.54) is 12.1 Å². The Morgan fingerprint density at radius 3 is 2.39 bits per heavy atom. The van der Waals surface area contributed by atoms with Gasteiger partial charge < -0.3 is 9.47 Å². The van der Waals surface area contributed by atoms with Gasteiger partial charge in [0.05, 0.1) is 17.7 Å². The second-order valence-corrected chi connectivity index (χ2v) is 6.10. The van der Waals surface area contributed by atoms with Crippen LogP contribution in [0.5, 0.6) is 5.75 Å². The molecule has 0 fully saturated rings. The van der Waals surface area contributed by atoms with Crippen molar-refractivity contribution < 1.29 is 32.2 Å². The number of esters is 1. The summed E-state index contributed by atoms with van der Waals surface area (Å²) < 4.78 is 49.4. The minimum absolute atomic E-state index is 0.0299. The van der Waals surface area contributed by atoms with Crippen molar-refractivity contribution in [1.29, 1.82) is 0 Å². The summed E-state index contributed by atoms with van der Waals surface area (Å²) in [5, 5.41) is 0. The Hall–Kier alpha value is -3.27. The van der Waals surface area contributed by atoms with E-state index in [0.29, 0.717) is 0 Å². The highest BCUT2D eigenvalue weighted by Gasteiger charge is 2.60. The maximum atomic E-state index is 13.1. The third kappa shape index (κ3) is 3.01. The van der Waals surface area contributed by atoms with Gasteiger partial charge in [-0.2, -0.15) is 13.2 Å². The smallest absolute Gasteiger partial charge is 0.416 e. The number of fused-ring (bicyclic) bond motifs is 1. The normalized spacial score (nSPS) is 19.3. The van der Waals surface area contributed by atoms with E-state index >= 15 is 0 Å². The van der Waals surface area contributed by atoms with Gasteiger partial charge in [0, 0.05) is 0 Å². The van der Waals surface area contributed by atoms with E-state index < -0.39 is 35.0 Å². The summed E-state index contributed by atoms with van der Waals surface area (Å²) in [5.41, 5.74) is -2.76. The van der Waals surface area contributed by atoms with Crippen molar-refractivity contribution in [3.63, 3.8) is 0 Å². The summed E-state index contributed by atoms with van der Waals surface area (Å²) in [5.74, 6) is -0.465. The Morgan fingerprint density at radius 2 is 1.86 bits per heavy atom. The third-order valence-electron chi connectivity index (χ3n) is 4.46. The van der Waals surface area contributed by atoms with Crippen molar-refractivity contribution in [2.24, 2.45) is 0 Å². The molecule has 2 aromatic carbocycles. The van der Waals surface area contributed by atoms with Crippen LogP contribution in [0.15, 0.2) is 48.5 Å². The summed E-state index contributed by atoms with van der Waals surface area (Å²) in [4.78, 5) is 25.9. The molecule has 0 unspecified atom stereocenters. The number of hydrogen-bond acceptors (Lipinski definition) is 4. The molecule has 0 radical (unpaired) electrons. The van der Waals surface area contributed by atoms with Crippen LogP contribution in [0.3, 0.4) is 0 Å². The van der Waals surface area contributed by atoms with E-state index in [0.717, 1.165) is 24.3 Å². The molecule has 0 saturated heterocycles. The molecule has 3 rings (SSSR count). The number of carbonyl (C=O) groups excluding carboxylic acids is 2. The van der Waals surface area contributed by atoms with Crippen LogP contribution in [0, 0.1) is 12.3 Å². The lowest BCUT2D eigenvalue weighted by molar-refractivity contribution is -0.157. The Kier molecular flexibility index (Phi) is 4.90. The molecule has 1 heterocycles. The lowest BCUT2D eigenvalue weighted by atomic mass is 9.78. The Bertz CT molecular complexity index is 957. The zero-order valence-corrected chi connectivity index (χ0v) is 14.7. The molecule has 144 valence electrons. The van der Waals surface area contributed by atoms with Crippen molar-refractivity contribution in [2.75, 3.05) is 6.61 Å². The number of alkyl halides is 3. The standard InChI is InChI=1S/C21H15F3O4/c1-3-16(13-9-11-14(12-10-13)21(22,23)24)20(19(26)27-4-2)18(25)15-7-5-6-8-17(15)28-20/h1,5-12,16H,4H2,2H3/t16-,20-/m1/s1. The number of Topliss-reactive ketones (excluding diaryl/α,β-unsaturated/α-hetero) is 1. The summed E-state index contributed by atoms with van der Waals surface area (Å²) in [6.45, 7) is 1.53. The van der Waals surface area contributed by atoms with Gasteiger partial charge in [-0.3, -0.25) is 4.79 Å². The molecule has 0 aliphatic carbocycles. The monoisotopic (exact) mass is 388 g/mol. The molecule has 2 aromatic rings. The molecule has 0 N–H and O–H groups in total. The van der Waals surface area contributed by atoms with Gasteiger partial charge in [0.15, 0.2) is 0 Å². The number of hydrogen-bond donors (Lipinski definition) is 0. The summed E-state index contributed by atoms with van der Waals surface area (Å²) in [7, 11) is 0. The highest BCUT2D eigenvalue weighted by Crippen LogP contribution is 2.44. The van der Waals surface area contributed by atoms with Crippen LogP contribution in [-0.2, 0) is 15.7 Å². The Labute approximate surface area is 159 Å². The lowest BCUT2D eigenvalue weighted by Gasteiger charge is -2.30. The van der Waals surface area contributed by atoms with Gasteiger partial charge in [-0.25, -0.2) is 4.79 Å². The van der Waals surface area contributed by atoms with Crippen molar-refractivity contribution in [3.8, 4) is 18.1 Å². The van der Waals surface area contributed by atoms with Crippen molar-refractivity contribution >= 4 is 11.8 Å². The minimum atomic E-state index is -4.53. The van der Waals surface area contributed by atoms with Gasteiger partial charge in [0.25, 0.3) is 5.60 Å². The van der Waals surface area contributed by atoms with Gasteiger partial charge >= 0.3 is 12.1 Å². The predicted octanol–water partition coefficient (Wildman–Crippen LogP) is 4.00. The fourth-order valence-electron chi connectivity index (χ4n) is 3.16. The highest BCUT2D eigenvalue weighted by molar-refractivity contribution is 6.20. The van der Waals surface area contributed by atoms with E-state index in [4.69, 9.17) is 15.9 Å². The molecule has 4 nitrogen and oxygen atoms in total. The summed E-state index contributed by atoms with van der Waals surface area (Å²) in [6.07, 6.45) is 1.08. The van der Waals surface area contributed by atoms with Crippen molar-refractivity contribution in [3.05, 3.63) is 65.2 Å². The van der Waals surface area contributed by atoms with Crippen LogP contribution < -0.4 is 4.74 Å². The molecule has 7 heteroatoms. The number of benzene rings is 2. The molecular weight excluding hydrogens is 373 g/mol. The van der Waals surface area contributed by atoms with Crippen LogP contribution >= 0.6 is 0 Å². The zero-order chi connectivity index (χ0) is 20.5. The van der Waals surface area contributed by atoms with Gasteiger partial charge in [0.1, 0.15) is 11.7 Å². The Morgan fingerprint density at radius 1 is 1.21 bits per heavy atom. The van der Waals surface area contributed by atoms with Crippen molar-refractivity contribution in [2.45, 2.75) is 24.6 Å². The molecule has 1 aliphatic rings. The molecule has 1 aliphatic heterocycles. The van der Waals surface area contributed by atoms with E-state index in [1.54, 1.807) is 19.1 Å². The van der Waals surface area contributed by atoms with Gasteiger partial charge in [0.2, 0.25) is 5.78 Å². The first-order chi connectivity index (χ1) is 13.3. The molecule has 2 atom stereocenters. The molecule has 0 amide bonds. The third-order valence-corrected chi connectivity index (χ3v) is 4.46. The van der Waals surface area contributed by atoms with Crippen LogP contribution in [0.1, 0.15) is 34.3 Å². The molecule has 0 aromatic heterocycles. The molecule has 28 heavy (non-hydrogen) atoms. The number of halogens is 3. The fourth-order valence-corrected chi connectivity index (χ4v) is 3.16. The fraction of sp³-hybridized carbons (Fsp3) is 0.238. The number of rotatable bonds is 4. The average molecular weight is 388 g/mol. The molecule has 0 saturated carbocycles. The second kappa shape index (κ2) is 7.04. The largest absolute Gasteiger partial charge is 0.465 e. The van der Waals surface area contributed by atoms with Gasteiger partial charge in [-0.1, -0.05) is 30.2 Å². The minimum Gasteiger partial charge on any atom is -0.465 e. The number of para-hydroxylation sites is 1. The highest BCUT2D eigenvalue weighted by atomic mass is 19.4. The number of terminal acetylenes is 1. The van der Waals surface area contributed by atoms with Crippen LogP contribution in [0.25, 0.3) is 0 Å². The van der Waals surface area contributed by atoms with Gasteiger partial charge in [-0.15, -0.1) is 6.42 Å². The Balaban J connectivity index is 2.12.